The number of anilines is 1. The zero-order valence-corrected chi connectivity index (χ0v) is 17.1. The largest absolute Gasteiger partial charge is 0.348 e. The van der Waals surface area contributed by atoms with E-state index in [0.29, 0.717) is 18.4 Å². The average Bonchev–Trinajstić information content (AvgIpc) is 3.38. The summed E-state index contributed by atoms with van der Waals surface area (Å²) >= 11 is 1.71. The summed E-state index contributed by atoms with van der Waals surface area (Å²) in [4.78, 5) is 21.1. The van der Waals surface area contributed by atoms with Gasteiger partial charge in [-0.05, 0) is 19.8 Å². The maximum atomic E-state index is 12.4. The molecule has 7 nitrogen and oxygen atoms in total. The van der Waals surface area contributed by atoms with Gasteiger partial charge in [0.1, 0.15) is 0 Å². The summed E-state index contributed by atoms with van der Waals surface area (Å²) < 4.78 is 1.89. The van der Waals surface area contributed by atoms with Gasteiger partial charge in [-0.1, -0.05) is 0 Å². The summed E-state index contributed by atoms with van der Waals surface area (Å²) in [5, 5.41) is 11.3. The quantitative estimate of drug-likeness (QED) is 0.848. The highest BCUT2D eigenvalue weighted by molar-refractivity contribution is 7.13. The van der Waals surface area contributed by atoms with E-state index in [1.165, 1.54) is 5.56 Å². The normalized spacial score (nSPS) is 24.2. The van der Waals surface area contributed by atoms with Gasteiger partial charge in [-0.3, -0.25) is 9.48 Å². The number of hydrogen-bond acceptors (Lipinski definition) is 6. The topological polar surface area (TPSA) is 66.3 Å². The van der Waals surface area contributed by atoms with E-state index in [4.69, 9.17) is 0 Å². The number of nitrogens with zero attached hydrogens (tertiary/aromatic N) is 5. The van der Waals surface area contributed by atoms with Crippen molar-refractivity contribution in [3.8, 4) is 0 Å². The Hall–Kier alpha value is -1.93. The predicted octanol–water partition coefficient (Wildman–Crippen LogP) is 1.96. The maximum absolute atomic E-state index is 12.4. The van der Waals surface area contributed by atoms with Crippen LogP contribution in [-0.4, -0.2) is 58.3 Å². The minimum Gasteiger partial charge on any atom is -0.348 e. The van der Waals surface area contributed by atoms with Crippen molar-refractivity contribution in [3.05, 3.63) is 29.0 Å². The number of thiazole rings is 1. The van der Waals surface area contributed by atoms with Crippen LogP contribution in [0, 0.1) is 12.8 Å². The molecule has 2 fully saturated rings. The van der Waals surface area contributed by atoms with E-state index in [0.717, 1.165) is 43.3 Å². The molecule has 2 atom stereocenters. The molecule has 146 valence electrons. The molecule has 2 aliphatic rings. The van der Waals surface area contributed by atoms with Crippen LogP contribution in [0.25, 0.3) is 0 Å². The van der Waals surface area contributed by atoms with Gasteiger partial charge in [0.05, 0.1) is 12.2 Å². The molecule has 2 saturated heterocycles. The van der Waals surface area contributed by atoms with Gasteiger partial charge >= 0.3 is 0 Å². The summed E-state index contributed by atoms with van der Waals surface area (Å²) in [5.41, 5.74) is 2.32. The fraction of sp³-hybridized carbons (Fsp3) is 0.632. The third kappa shape index (κ3) is 3.60. The Kier molecular flexibility index (Phi) is 5.19. The van der Waals surface area contributed by atoms with Crippen LogP contribution in [0.2, 0.25) is 0 Å². The summed E-state index contributed by atoms with van der Waals surface area (Å²) in [5.74, 6) is 0.524. The van der Waals surface area contributed by atoms with Gasteiger partial charge in [-0.15, -0.1) is 11.3 Å². The number of nitrogens with one attached hydrogen (secondary N) is 1. The lowest BCUT2D eigenvalue weighted by molar-refractivity contribution is -0.127. The molecule has 4 rings (SSSR count). The highest BCUT2D eigenvalue weighted by atomic mass is 32.1. The van der Waals surface area contributed by atoms with Crippen LogP contribution >= 0.6 is 11.3 Å². The number of aryl methyl sites for hydroxylation is 1. The van der Waals surface area contributed by atoms with Crippen molar-refractivity contribution in [3.63, 3.8) is 0 Å². The van der Waals surface area contributed by atoms with Gasteiger partial charge in [0.25, 0.3) is 0 Å². The van der Waals surface area contributed by atoms with Gasteiger partial charge in [-0.2, -0.15) is 5.10 Å². The summed E-state index contributed by atoms with van der Waals surface area (Å²) in [6.45, 7) is 5.04. The second-order valence-electron chi connectivity index (χ2n) is 7.71. The Bertz CT molecular complexity index is 780. The van der Waals surface area contributed by atoms with Crippen molar-refractivity contribution in [1.82, 2.24) is 25.0 Å². The highest BCUT2D eigenvalue weighted by Gasteiger charge is 2.40. The van der Waals surface area contributed by atoms with E-state index in [1.54, 1.807) is 11.3 Å². The number of likely N-dealkylation sites (tertiary alicyclic amines) is 1. The molecule has 0 aliphatic carbocycles. The van der Waals surface area contributed by atoms with Gasteiger partial charge in [0.15, 0.2) is 5.13 Å². The minimum atomic E-state index is 0.120. The van der Waals surface area contributed by atoms with Crippen molar-refractivity contribution >= 4 is 22.4 Å². The zero-order chi connectivity index (χ0) is 19.0. The first-order chi connectivity index (χ1) is 13.0. The van der Waals surface area contributed by atoms with Crippen LogP contribution in [0.1, 0.15) is 36.6 Å². The Morgan fingerprint density at radius 2 is 2.07 bits per heavy atom. The lowest BCUT2D eigenvalue weighted by Crippen LogP contribution is -2.44. The van der Waals surface area contributed by atoms with E-state index in [-0.39, 0.29) is 11.9 Å². The zero-order valence-electron chi connectivity index (χ0n) is 16.3. The monoisotopic (exact) mass is 388 g/mol. The Labute approximate surface area is 164 Å². The Morgan fingerprint density at radius 3 is 2.70 bits per heavy atom. The predicted molar refractivity (Wildman–Crippen MR) is 107 cm³/mol. The van der Waals surface area contributed by atoms with E-state index in [2.05, 4.69) is 27.2 Å². The van der Waals surface area contributed by atoms with Gasteiger partial charge in [0, 0.05) is 74.9 Å². The molecule has 2 aromatic heterocycles. The molecule has 4 heterocycles. The Balaban J connectivity index is 1.36. The maximum Gasteiger partial charge on any atom is 0.223 e. The number of aromatic nitrogens is 3. The molecule has 0 aromatic carbocycles. The van der Waals surface area contributed by atoms with Crippen LogP contribution in [0.15, 0.2) is 17.8 Å². The number of carbonyl (C=O) groups excluding carboxylic acids is 1. The SMILES string of the molecule is Cc1c([C@H]2[C@H](CNC3CCN(c4nccs4)CC3)CC(=O)N2C)cnn1C. The van der Waals surface area contributed by atoms with Gasteiger partial charge in [-0.25, -0.2) is 4.98 Å². The third-order valence-electron chi connectivity index (χ3n) is 6.14. The van der Waals surface area contributed by atoms with E-state index < -0.39 is 0 Å². The number of carbonyl (C=O) groups is 1. The second-order valence-corrected chi connectivity index (χ2v) is 8.58. The summed E-state index contributed by atoms with van der Waals surface area (Å²) in [7, 11) is 3.88. The molecule has 0 radical (unpaired) electrons. The molecular formula is C19H28N6OS. The first-order valence-electron chi connectivity index (χ1n) is 9.66. The molecule has 0 saturated carbocycles. The molecule has 2 aromatic rings. The van der Waals surface area contributed by atoms with Crippen molar-refractivity contribution < 1.29 is 4.79 Å². The van der Waals surface area contributed by atoms with Crippen LogP contribution < -0.4 is 10.2 Å². The van der Waals surface area contributed by atoms with Crippen LogP contribution in [0.5, 0.6) is 0 Å². The smallest absolute Gasteiger partial charge is 0.223 e. The summed E-state index contributed by atoms with van der Waals surface area (Å²) in [6, 6.07) is 0.631. The average molecular weight is 389 g/mol. The minimum absolute atomic E-state index is 0.120. The molecule has 2 aliphatic heterocycles. The fourth-order valence-corrected chi connectivity index (χ4v) is 5.07. The van der Waals surface area contributed by atoms with Crippen molar-refractivity contribution in [2.75, 3.05) is 31.6 Å². The number of rotatable bonds is 5. The molecule has 8 heteroatoms. The van der Waals surface area contributed by atoms with Crippen molar-refractivity contribution in [1.29, 1.82) is 0 Å². The van der Waals surface area contributed by atoms with Crippen molar-refractivity contribution in [2.24, 2.45) is 13.0 Å². The number of hydrogen-bond donors (Lipinski definition) is 1. The van der Waals surface area contributed by atoms with E-state index in [9.17, 15) is 4.79 Å². The van der Waals surface area contributed by atoms with Gasteiger partial charge in [0.2, 0.25) is 5.91 Å². The summed E-state index contributed by atoms with van der Waals surface area (Å²) in [6.07, 6.45) is 6.65. The van der Waals surface area contributed by atoms with Gasteiger partial charge < -0.3 is 15.1 Å². The lowest BCUT2D eigenvalue weighted by Gasteiger charge is -2.33. The molecule has 0 bridgehead atoms. The third-order valence-corrected chi connectivity index (χ3v) is 6.97. The highest BCUT2D eigenvalue weighted by Crippen LogP contribution is 2.38. The fourth-order valence-electron chi connectivity index (χ4n) is 4.37. The van der Waals surface area contributed by atoms with E-state index in [1.807, 2.05) is 41.5 Å². The van der Waals surface area contributed by atoms with Crippen LogP contribution in [0.3, 0.4) is 0 Å². The number of piperidine rings is 1. The van der Waals surface area contributed by atoms with Crippen LogP contribution in [-0.2, 0) is 11.8 Å². The molecule has 1 amide bonds. The van der Waals surface area contributed by atoms with E-state index >= 15 is 0 Å². The Morgan fingerprint density at radius 1 is 1.30 bits per heavy atom. The standard InChI is InChI=1S/C19H28N6OS/c1-13-16(12-22-24(13)3)18-14(10-17(26)23(18)2)11-21-15-4-7-25(8-5-15)19-20-6-9-27-19/h6,9,12,14-15,18,21H,4-5,7-8,10-11H2,1-3H3/t14-,18+/m0/s1. The van der Waals surface area contributed by atoms with Crippen LogP contribution in [0.4, 0.5) is 5.13 Å². The molecule has 0 spiro atoms. The molecule has 1 N–H and O–H groups in total. The molecule has 0 unspecified atom stereocenters. The second kappa shape index (κ2) is 7.59. The molecular weight excluding hydrogens is 360 g/mol. The number of amides is 1. The van der Waals surface area contributed by atoms with Crippen molar-refractivity contribution in [2.45, 2.75) is 38.3 Å². The first-order valence-corrected chi connectivity index (χ1v) is 10.5. The molecule has 27 heavy (non-hydrogen) atoms. The lowest BCUT2D eigenvalue weighted by atomic mass is 9.93. The first kappa shape index (κ1) is 18.4.